The minimum absolute atomic E-state index is 0.00726. The molecule has 0 saturated carbocycles. The molecule has 31 heavy (non-hydrogen) atoms. The fourth-order valence-electron chi connectivity index (χ4n) is 3.12. The lowest BCUT2D eigenvalue weighted by molar-refractivity contribution is -0.132. The van der Waals surface area contributed by atoms with Crippen molar-refractivity contribution in [3.05, 3.63) is 11.6 Å². The SMILES string of the molecule is C/C(=C\[C@@H](CC(=O)CNC=O)C(C)C)C(=O)O.CC(C)C(C)N1CCCCC1.CCC. The second kappa shape index (κ2) is 19.0. The minimum Gasteiger partial charge on any atom is -0.478 e. The second-order valence-electron chi connectivity index (χ2n) is 9.09. The number of carbonyl (C=O) groups excluding carboxylic acids is 2. The van der Waals surface area contributed by atoms with Crippen molar-refractivity contribution < 1.29 is 19.5 Å². The number of hydrogen-bond donors (Lipinski definition) is 2. The number of ketones is 1. The van der Waals surface area contributed by atoms with Gasteiger partial charge in [-0.3, -0.25) is 9.59 Å². The highest BCUT2D eigenvalue weighted by molar-refractivity contribution is 5.86. The highest BCUT2D eigenvalue weighted by atomic mass is 16.4. The molecule has 0 aromatic carbocycles. The van der Waals surface area contributed by atoms with Crippen LogP contribution < -0.4 is 5.32 Å². The van der Waals surface area contributed by atoms with Crippen LogP contribution in [0.4, 0.5) is 0 Å². The highest BCUT2D eigenvalue weighted by Gasteiger charge is 2.18. The van der Waals surface area contributed by atoms with Crippen molar-refractivity contribution in [1.29, 1.82) is 0 Å². The Bertz CT molecular complexity index is 524. The molecule has 1 saturated heterocycles. The summed E-state index contributed by atoms with van der Waals surface area (Å²) in [6.07, 6.45) is 7.84. The summed E-state index contributed by atoms with van der Waals surface area (Å²) >= 11 is 0. The first-order chi connectivity index (χ1) is 14.5. The van der Waals surface area contributed by atoms with Crippen LogP contribution in [0.15, 0.2) is 11.6 Å². The van der Waals surface area contributed by atoms with E-state index in [4.69, 9.17) is 5.11 Å². The van der Waals surface area contributed by atoms with E-state index in [1.807, 2.05) is 13.8 Å². The molecule has 182 valence electrons. The number of Topliss-reactive ketones (excluding diaryl/α,β-unsaturated/α-hetero) is 1. The second-order valence-corrected chi connectivity index (χ2v) is 9.09. The average Bonchev–Trinajstić information content (AvgIpc) is 2.72. The van der Waals surface area contributed by atoms with Crippen LogP contribution in [0.5, 0.6) is 0 Å². The van der Waals surface area contributed by atoms with Crippen LogP contribution in [0.2, 0.25) is 0 Å². The normalized spacial score (nSPS) is 16.4. The molecule has 0 aromatic rings. The Morgan fingerprint density at radius 1 is 1.00 bits per heavy atom. The molecule has 0 bridgehead atoms. The summed E-state index contributed by atoms with van der Waals surface area (Å²) in [4.78, 5) is 34.8. The van der Waals surface area contributed by atoms with E-state index in [1.165, 1.54) is 45.7 Å². The van der Waals surface area contributed by atoms with Gasteiger partial charge in [0, 0.05) is 18.0 Å². The molecular formula is C25H48N2O4. The van der Waals surface area contributed by atoms with Crippen LogP contribution >= 0.6 is 0 Å². The molecule has 1 fully saturated rings. The third-order valence-corrected chi connectivity index (χ3v) is 5.44. The molecular weight excluding hydrogens is 392 g/mol. The number of likely N-dealkylation sites (tertiary alicyclic amines) is 1. The summed E-state index contributed by atoms with van der Waals surface area (Å²) in [5, 5.41) is 11.1. The van der Waals surface area contributed by atoms with Gasteiger partial charge in [0.15, 0.2) is 5.78 Å². The fourth-order valence-corrected chi connectivity index (χ4v) is 3.12. The van der Waals surface area contributed by atoms with Gasteiger partial charge in [0.2, 0.25) is 6.41 Å². The number of rotatable bonds is 10. The van der Waals surface area contributed by atoms with Crippen molar-refractivity contribution in [3.8, 4) is 0 Å². The molecule has 2 N–H and O–H groups in total. The number of piperidine rings is 1. The van der Waals surface area contributed by atoms with E-state index in [2.05, 4.69) is 44.8 Å². The molecule has 1 unspecified atom stereocenters. The summed E-state index contributed by atoms with van der Waals surface area (Å²) in [7, 11) is 0. The van der Waals surface area contributed by atoms with Crippen molar-refractivity contribution in [1.82, 2.24) is 10.2 Å². The van der Waals surface area contributed by atoms with Gasteiger partial charge in [-0.15, -0.1) is 0 Å². The average molecular weight is 441 g/mol. The zero-order valence-corrected chi connectivity index (χ0v) is 21.2. The molecule has 0 spiro atoms. The van der Waals surface area contributed by atoms with E-state index in [9.17, 15) is 14.4 Å². The number of hydrogen-bond acceptors (Lipinski definition) is 4. The maximum absolute atomic E-state index is 11.5. The van der Waals surface area contributed by atoms with E-state index in [1.54, 1.807) is 6.08 Å². The van der Waals surface area contributed by atoms with Crippen molar-refractivity contribution in [2.24, 2.45) is 17.8 Å². The lowest BCUT2D eigenvalue weighted by Crippen LogP contribution is -2.40. The van der Waals surface area contributed by atoms with E-state index in [-0.39, 0.29) is 36.2 Å². The predicted octanol–water partition coefficient (Wildman–Crippen LogP) is 4.93. The monoisotopic (exact) mass is 440 g/mol. The van der Waals surface area contributed by atoms with Gasteiger partial charge in [-0.1, -0.05) is 60.5 Å². The number of carbonyl (C=O) groups is 3. The molecule has 0 radical (unpaired) electrons. The van der Waals surface area contributed by atoms with Gasteiger partial charge in [0.1, 0.15) is 0 Å². The Morgan fingerprint density at radius 2 is 1.52 bits per heavy atom. The zero-order chi connectivity index (χ0) is 24.4. The summed E-state index contributed by atoms with van der Waals surface area (Å²) in [5.74, 6) is -0.219. The van der Waals surface area contributed by atoms with E-state index >= 15 is 0 Å². The van der Waals surface area contributed by atoms with E-state index < -0.39 is 5.97 Å². The number of allylic oxidation sites excluding steroid dienone is 1. The van der Waals surface area contributed by atoms with Gasteiger partial charge in [-0.2, -0.15) is 0 Å². The maximum Gasteiger partial charge on any atom is 0.330 e. The first-order valence-corrected chi connectivity index (χ1v) is 11.9. The van der Waals surface area contributed by atoms with Crippen LogP contribution in [0, 0.1) is 17.8 Å². The maximum atomic E-state index is 11.5. The molecule has 0 aliphatic carbocycles. The molecule has 2 atom stereocenters. The fraction of sp³-hybridized carbons (Fsp3) is 0.800. The van der Waals surface area contributed by atoms with Crippen molar-refractivity contribution >= 4 is 18.2 Å². The summed E-state index contributed by atoms with van der Waals surface area (Å²) < 4.78 is 0. The third-order valence-electron chi connectivity index (χ3n) is 5.44. The minimum atomic E-state index is -0.978. The highest BCUT2D eigenvalue weighted by Crippen LogP contribution is 2.19. The lowest BCUT2D eigenvalue weighted by Gasteiger charge is -2.34. The molecule has 1 aliphatic rings. The Morgan fingerprint density at radius 3 is 1.90 bits per heavy atom. The van der Waals surface area contributed by atoms with Gasteiger partial charge in [0.25, 0.3) is 0 Å². The van der Waals surface area contributed by atoms with Gasteiger partial charge in [-0.25, -0.2) is 4.79 Å². The largest absolute Gasteiger partial charge is 0.478 e. The molecule has 1 rings (SSSR count). The van der Waals surface area contributed by atoms with Crippen molar-refractivity contribution in [3.63, 3.8) is 0 Å². The Labute approximate surface area is 190 Å². The summed E-state index contributed by atoms with van der Waals surface area (Å²) in [6.45, 7) is 19.3. The number of carboxylic acid groups (broad SMARTS) is 1. The van der Waals surface area contributed by atoms with Crippen LogP contribution in [0.3, 0.4) is 0 Å². The van der Waals surface area contributed by atoms with Gasteiger partial charge < -0.3 is 15.3 Å². The lowest BCUT2D eigenvalue weighted by atomic mass is 9.89. The molecule has 1 amide bonds. The molecule has 6 heteroatoms. The predicted molar refractivity (Wildman–Crippen MR) is 129 cm³/mol. The quantitative estimate of drug-likeness (QED) is 0.372. The smallest absolute Gasteiger partial charge is 0.330 e. The van der Waals surface area contributed by atoms with Crippen LogP contribution in [0.1, 0.15) is 87.5 Å². The van der Waals surface area contributed by atoms with Crippen molar-refractivity contribution in [2.75, 3.05) is 19.6 Å². The number of carboxylic acids is 1. The van der Waals surface area contributed by atoms with E-state index in [0.29, 0.717) is 6.41 Å². The molecule has 1 aliphatic heterocycles. The number of nitrogens with zero attached hydrogens (tertiary/aromatic N) is 1. The number of aliphatic carboxylic acids is 1. The van der Waals surface area contributed by atoms with Crippen LogP contribution in [0.25, 0.3) is 0 Å². The van der Waals surface area contributed by atoms with Gasteiger partial charge >= 0.3 is 5.97 Å². The topological polar surface area (TPSA) is 86.7 Å². The Balaban J connectivity index is 0. The zero-order valence-electron chi connectivity index (χ0n) is 21.2. The number of nitrogens with one attached hydrogen (secondary N) is 1. The standard InChI is InChI=1S/C12H19NO4.C10H21N.C3H8/c1-8(2)10(4-9(3)12(16)17)5-11(15)6-13-7-14;1-9(2)10(3)11-7-5-4-6-8-11;1-3-2/h4,7-8,10H,5-6H2,1-3H3,(H,13,14)(H,16,17);9-10H,4-8H2,1-3H3;3H2,1-2H3/b9-4+;;/t10-;;/m0../s1. The summed E-state index contributed by atoms with van der Waals surface area (Å²) in [6, 6.07) is 0.787. The first-order valence-electron chi connectivity index (χ1n) is 11.9. The molecule has 0 aromatic heterocycles. The van der Waals surface area contributed by atoms with E-state index in [0.717, 1.165) is 12.0 Å². The first kappa shape index (κ1) is 31.5. The van der Waals surface area contributed by atoms with Gasteiger partial charge in [-0.05, 0) is 57.5 Å². The van der Waals surface area contributed by atoms with Crippen LogP contribution in [-0.4, -0.2) is 53.8 Å². The molecule has 6 nitrogen and oxygen atoms in total. The molecule has 1 heterocycles. The van der Waals surface area contributed by atoms with Gasteiger partial charge in [0.05, 0.1) is 6.54 Å². The van der Waals surface area contributed by atoms with Crippen molar-refractivity contribution in [2.45, 2.75) is 93.5 Å². The third kappa shape index (κ3) is 16.6. The Hall–Kier alpha value is -1.69. The number of amides is 1. The Kier molecular flexibility index (Phi) is 19.3. The summed E-state index contributed by atoms with van der Waals surface area (Å²) in [5.41, 5.74) is 0.236. The van der Waals surface area contributed by atoms with Crippen LogP contribution in [-0.2, 0) is 14.4 Å².